The Morgan fingerprint density at radius 3 is 2.57 bits per heavy atom. The van der Waals surface area contributed by atoms with Crippen molar-refractivity contribution >= 4 is 11.7 Å². The summed E-state index contributed by atoms with van der Waals surface area (Å²) in [5, 5.41) is 10.3. The summed E-state index contributed by atoms with van der Waals surface area (Å²) in [6.45, 7) is 5.67. The molecule has 0 unspecified atom stereocenters. The summed E-state index contributed by atoms with van der Waals surface area (Å²) >= 11 is 0. The van der Waals surface area contributed by atoms with Gasteiger partial charge in [0.15, 0.2) is 0 Å². The van der Waals surface area contributed by atoms with Crippen LogP contribution in [0.4, 0.5) is 10.1 Å². The average molecular weight is 486 g/mol. The largest absolute Gasteiger partial charge is 0.508 e. The Labute approximate surface area is 207 Å². The molecule has 35 heavy (non-hydrogen) atoms. The van der Waals surface area contributed by atoms with Crippen molar-refractivity contribution in [2.75, 3.05) is 58.4 Å². The minimum atomic E-state index is -0.185. The number of phenols is 1. The molecule has 2 saturated heterocycles. The number of anilines is 1. The molecule has 2 fully saturated rings. The SMILES string of the molecule is COC(=O)CC[C@H]1CN(Cc2cc(OC)ccc2O)CC[C@H]1N1CCN(c2ccccc2F)CC1. The molecule has 0 bridgehead atoms. The van der Waals surface area contributed by atoms with E-state index in [0.717, 1.165) is 63.4 Å². The van der Waals surface area contributed by atoms with Gasteiger partial charge in [-0.2, -0.15) is 0 Å². The maximum Gasteiger partial charge on any atom is 0.305 e. The number of benzene rings is 2. The van der Waals surface area contributed by atoms with Crippen LogP contribution in [0.15, 0.2) is 42.5 Å². The molecule has 0 saturated carbocycles. The van der Waals surface area contributed by atoms with Crippen LogP contribution in [-0.4, -0.2) is 80.4 Å². The number of carbonyl (C=O) groups is 1. The Bertz CT molecular complexity index is 996. The van der Waals surface area contributed by atoms with Crippen LogP contribution in [0.25, 0.3) is 0 Å². The molecular weight excluding hydrogens is 449 g/mol. The van der Waals surface area contributed by atoms with Gasteiger partial charge in [-0.25, -0.2) is 4.39 Å². The molecule has 190 valence electrons. The minimum Gasteiger partial charge on any atom is -0.508 e. The van der Waals surface area contributed by atoms with E-state index in [-0.39, 0.29) is 17.5 Å². The van der Waals surface area contributed by atoms with Crippen LogP contribution in [-0.2, 0) is 16.1 Å². The van der Waals surface area contributed by atoms with E-state index in [1.54, 1.807) is 25.3 Å². The third-order valence-electron chi connectivity index (χ3n) is 7.38. The molecule has 7 nitrogen and oxygen atoms in total. The fourth-order valence-electron chi connectivity index (χ4n) is 5.47. The van der Waals surface area contributed by atoms with E-state index in [9.17, 15) is 14.3 Å². The zero-order valence-electron chi connectivity index (χ0n) is 20.7. The van der Waals surface area contributed by atoms with Crippen molar-refractivity contribution < 1.29 is 23.8 Å². The number of carbonyl (C=O) groups excluding carboxylic acids is 1. The lowest BCUT2D eigenvalue weighted by Crippen LogP contribution is -2.56. The zero-order valence-corrected chi connectivity index (χ0v) is 20.7. The van der Waals surface area contributed by atoms with E-state index >= 15 is 0 Å². The second kappa shape index (κ2) is 11.7. The normalized spacial score (nSPS) is 21.6. The predicted molar refractivity (Wildman–Crippen MR) is 133 cm³/mol. The van der Waals surface area contributed by atoms with Crippen molar-refractivity contribution in [1.29, 1.82) is 0 Å². The fourth-order valence-corrected chi connectivity index (χ4v) is 5.47. The summed E-state index contributed by atoms with van der Waals surface area (Å²) in [7, 11) is 3.05. The van der Waals surface area contributed by atoms with Crippen molar-refractivity contribution in [2.24, 2.45) is 5.92 Å². The van der Waals surface area contributed by atoms with Gasteiger partial charge < -0.3 is 19.5 Å². The number of piperazine rings is 1. The number of rotatable bonds is 8. The first-order chi connectivity index (χ1) is 17.0. The number of nitrogens with zero attached hydrogens (tertiary/aromatic N) is 3. The first-order valence-electron chi connectivity index (χ1n) is 12.4. The van der Waals surface area contributed by atoms with Gasteiger partial charge in [-0.05, 0) is 55.6 Å². The van der Waals surface area contributed by atoms with Gasteiger partial charge in [0, 0.05) is 57.3 Å². The van der Waals surface area contributed by atoms with Crippen LogP contribution in [0.2, 0.25) is 0 Å². The molecule has 2 aromatic carbocycles. The van der Waals surface area contributed by atoms with Crippen molar-refractivity contribution in [2.45, 2.75) is 31.8 Å². The molecule has 2 heterocycles. The van der Waals surface area contributed by atoms with Crippen molar-refractivity contribution in [3.05, 3.63) is 53.8 Å². The van der Waals surface area contributed by atoms with Gasteiger partial charge in [-0.15, -0.1) is 0 Å². The molecule has 2 atom stereocenters. The van der Waals surface area contributed by atoms with Crippen molar-refractivity contribution in [1.82, 2.24) is 9.80 Å². The standard InChI is InChI=1S/C27H36FN3O4/c1-34-22-8-9-26(32)21(17-22)19-29-12-11-24(20(18-29)7-10-27(33)35-2)30-13-15-31(16-14-30)25-6-4-3-5-23(25)28/h3-6,8-9,17,20,24,32H,7,10-16,18-19H2,1-2H3/t20-,24+/m0/s1. The van der Waals surface area contributed by atoms with E-state index in [4.69, 9.17) is 9.47 Å². The molecule has 8 heteroatoms. The zero-order chi connectivity index (χ0) is 24.8. The monoisotopic (exact) mass is 485 g/mol. The van der Waals surface area contributed by atoms with Crippen LogP contribution in [0, 0.1) is 11.7 Å². The second-order valence-electron chi connectivity index (χ2n) is 9.44. The molecule has 2 aliphatic heterocycles. The molecular formula is C27H36FN3O4. The van der Waals surface area contributed by atoms with Gasteiger partial charge in [0.2, 0.25) is 0 Å². The summed E-state index contributed by atoms with van der Waals surface area (Å²) in [5.41, 5.74) is 1.51. The van der Waals surface area contributed by atoms with E-state index in [0.29, 0.717) is 30.6 Å². The number of aromatic hydroxyl groups is 1. The molecule has 0 aliphatic carbocycles. The summed E-state index contributed by atoms with van der Waals surface area (Å²) in [6, 6.07) is 12.6. The Hall–Kier alpha value is -2.84. The number of ether oxygens (including phenoxy) is 2. The topological polar surface area (TPSA) is 65.5 Å². The average Bonchev–Trinajstić information content (AvgIpc) is 2.89. The number of para-hydroxylation sites is 1. The number of hydrogen-bond acceptors (Lipinski definition) is 7. The Morgan fingerprint density at radius 2 is 1.86 bits per heavy atom. The number of piperidine rings is 1. The highest BCUT2D eigenvalue weighted by molar-refractivity contribution is 5.69. The lowest BCUT2D eigenvalue weighted by atomic mass is 9.86. The number of hydrogen-bond donors (Lipinski definition) is 1. The van der Waals surface area contributed by atoms with Crippen LogP contribution in [0.5, 0.6) is 11.5 Å². The summed E-state index contributed by atoms with van der Waals surface area (Å²) in [6.07, 6.45) is 2.13. The third-order valence-corrected chi connectivity index (χ3v) is 7.38. The summed E-state index contributed by atoms with van der Waals surface area (Å²) in [4.78, 5) is 18.9. The lowest BCUT2D eigenvalue weighted by molar-refractivity contribution is -0.141. The molecule has 0 aromatic heterocycles. The van der Waals surface area contributed by atoms with Crippen molar-refractivity contribution in [3.8, 4) is 11.5 Å². The van der Waals surface area contributed by atoms with Gasteiger partial charge in [-0.1, -0.05) is 12.1 Å². The van der Waals surface area contributed by atoms with Crippen LogP contribution >= 0.6 is 0 Å². The van der Waals surface area contributed by atoms with E-state index in [2.05, 4.69) is 14.7 Å². The van der Waals surface area contributed by atoms with Crippen LogP contribution < -0.4 is 9.64 Å². The number of halogens is 1. The van der Waals surface area contributed by atoms with Gasteiger partial charge in [0.25, 0.3) is 0 Å². The predicted octanol–water partition coefficient (Wildman–Crippen LogP) is 3.51. The number of phenolic OH excluding ortho intramolecular Hbond substituents is 1. The highest BCUT2D eigenvalue weighted by Gasteiger charge is 2.35. The maximum absolute atomic E-state index is 14.3. The van der Waals surface area contributed by atoms with Gasteiger partial charge in [0.05, 0.1) is 19.9 Å². The summed E-state index contributed by atoms with van der Waals surface area (Å²) < 4.78 is 24.5. The molecule has 4 rings (SSSR count). The Kier molecular flexibility index (Phi) is 8.46. The second-order valence-corrected chi connectivity index (χ2v) is 9.44. The number of likely N-dealkylation sites (tertiary alicyclic amines) is 1. The van der Waals surface area contributed by atoms with Crippen LogP contribution in [0.3, 0.4) is 0 Å². The fraction of sp³-hybridized carbons (Fsp3) is 0.519. The molecule has 2 aliphatic rings. The van der Waals surface area contributed by atoms with Crippen molar-refractivity contribution in [3.63, 3.8) is 0 Å². The molecule has 0 radical (unpaired) electrons. The minimum absolute atomic E-state index is 0.175. The molecule has 2 aromatic rings. The highest BCUT2D eigenvalue weighted by Crippen LogP contribution is 2.31. The number of esters is 1. The molecule has 1 N–H and O–H groups in total. The van der Waals surface area contributed by atoms with E-state index < -0.39 is 0 Å². The van der Waals surface area contributed by atoms with Gasteiger partial charge >= 0.3 is 5.97 Å². The lowest BCUT2D eigenvalue weighted by Gasteiger charge is -2.47. The quantitative estimate of drug-likeness (QED) is 0.574. The smallest absolute Gasteiger partial charge is 0.305 e. The van der Waals surface area contributed by atoms with Crippen LogP contribution in [0.1, 0.15) is 24.8 Å². The highest BCUT2D eigenvalue weighted by atomic mass is 19.1. The van der Waals surface area contributed by atoms with Gasteiger partial charge in [-0.3, -0.25) is 14.6 Å². The Morgan fingerprint density at radius 1 is 1.09 bits per heavy atom. The molecule has 0 spiro atoms. The first-order valence-corrected chi connectivity index (χ1v) is 12.4. The maximum atomic E-state index is 14.3. The number of methoxy groups -OCH3 is 2. The first kappa shape index (κ1) is 25.3. The molecule has 0 amide bonds. The van der Waals surface area contributed by atoms with Gasteiger partial charge in [0.1, 0.15) is 17.3 Å². The third kappa shape index (κ3) is 6.24. The summed E-state index contributed by atoms with van der Waals surface area (Å²) in [5.74, 6) is 0.934. The van der Waals surface area contributed by atoms with E-state index in [1.165, 1.54) is 13.2 Å². The van der Waals surface area contributed by atoms with E-state index in [1.807, 2.05) is 18.2 Å². The Balaban J connectivity index is 1.41.